The second-order valence-electron chi connectivity index (χ2n) is 6.14. The highest BCUT2D eigenvalue weighted by atomic mass is 16.2. The zero-order chi connectivity index (χ0) is 20.9. The summed E-state index contributed by atoms with van der Waals surface area (Å²) in [5, 5.41) is 5.93. The first-order valence-electron chi connectivity index (χ1n) is 9.15. The third-order valence-electron chi connectivity index (χ3n) is 4.16. The summed E-state index contributed by atoms with van der Waals surface area (Å²) in [5.41, 5.74) is 11.5. The van der Waals surface area contributed by atoms with Crippen LogP contribution in [0, 0.1) is 13.8 Å². The van der Waals surface area contributed by atoms with E-state index in [1.54, 1.807) is 30.3 Å². The van der Waals surface area contributed by atoms with E-state index in [1.165, 1.54) is 0 Å². The lowest BCUT2D eigenvalue weighted by Crippen LogP contribution is -2.33. The number of anilines is 1. The van der Waals surface area contributed by atoms with Gasteiger partial charge in [-0.05, 0) is 48.7 Å². The van der Waals surface area contributed by atoms with E-state index in [0.717, 1.165) is 29.9 Å². The summed E-state index contributed by atoms with van der Waals surface area (Å²) in [6, 6.07) is 14.4. The van der Waals surface area contributed by atoms with Crippen molar-refractivity contribution in [3.63, 3.8) is 0 Å². The highest BCUT2D eigenvalue weighted by molar-refractivity contribution is 5.94. The van der Waals surface area contributed by atoms with E-state index in [0.29, 0.717) is 12.1 Å². The molecule has 7 nitrogen and oxygen atoms in total. The number of rotatable bonds is 6. The minimum atomic E-state index is -0.548. The number of carbonyl (C=O) groups excluding carboxylic acids is 2. The molecule has 7 heteroatoms. The molecule has 0 spiro atoms. The monoisotopic (exact) mass is 381 g/mol. The Morgan fingerprint density at radius 1 is 1.00 bits per heavy atom. The maximum Gasteiger partial charge on any atom is 0.249 e. The Hall–Kier alpha value is -3.15. The molecule has 0 aliphatic rings. The van der Waals surface area contributed by atoms with E-state index < -0.39 is 5.91 Å². The predicted molar refractivity (Wildman–Crippen MR) is 112 cm³/mol. The lowest BCUT2D eigenvalue weighted by atomic mass is 10.1. The first kappa shape index (κ1) is 22.9. The number of nitrogens with zero attached hydrogens (tertiary/aromatic N) is 4. The Morgan fingerprint density at radius 2 is 1.57 bits per heavy atom. The Balaban J connectivity index is 0.000000307. The molecule has 1 N–H and O–H groups in total. The van der Waals surface area contributed by atoms with Crippen LogP contribution < -0.4 is 5.32 Å². The van der Waals surface area contributed by atoms with Crippen molar-refractivity contribution in [2.24, 2.45) is 5.11 Å². The molecule has 0 aliphatic heterocycles. The molecule has 2 rings (SSSR count). The Morgan fingerprint density at radius 3 is 2.07 bits per heavy atom. The van der Waals surface area contributed by atoms with Crippen LogP contribution in [0.25, 0.3) is 10.4 Å². The number of hydrogen-bond donors (Lipinski definition) is 1. The van der Waals surface area contributed by atoms with Gasteiger partial charge in [0, 0.05) is 16.2 Å². The van der Waals surface area contributed by atoms with E-state index in [1.807, 2.05) is 32.0 Å². The average Bonchev–Trinajstić information content (AvgIpc) is 2.70. The van der Waals surface area contributed by atoms with Crippen LogP contribution in [-0.4, -0.2) is 36.3 Å². The van der Waals surface area contributed by atoms with Crippen molar-refractivity contribution >= 4 is 17.5 Å². The number of likely N-dealkylation sites (N-methyl/N-ethyl adjacent to an activating group) is 1. The number of benzene rings is 2. The van der Waals surface area contributed by atoms with Gasteiger partial charge >= 0.3 is 0 Å². The maximum atomic E-state index is 11.9. The van der Waals surface area contributed by atoms with Crippen molar-refractivity contribution in [3.8, 4) is 0 Å². The minimum absolute atomic E-state index is 0.0612. The molecule has 0 fully saturated rings. The second kappa shape index (κ2) is 12.3. The largest absolute Gasteiger partial charge is 0.324 e. The van der Waals surface area contributed by atoms with Gasteiger partial charge in [-0.2, -0.15) is 0 Å². The molecule has 0 saturated heterocycles. The molecule has 2 aromatic carbocycles. The number of para-hydroxylation sites is 1. The van der Waals surface area contributed by atoms with Gasteiger partial charge in [-0.1, -0.05) is 62.4 Å². The van der Waals surface area contributed by atoms with Crippen molar-refractivity contribution in [2.45, 2.75) is 27.7 Å². The molecule has 2 amide bonds. The number of aryl methyl sites for hydroxylation is 2. The normalized spacial score (nSPS) is 9.75. The molecule has 0 bridgehead atoms. The van der Waals surface area contributed by atoms with Crippen molar-refractivity contribution in [2.75, 3.05) is 25.0 Å². The topological polar surface area (TPSA) is 98.2 Å². The third kappa shape index (κ3) is 7.61. The van der Waals surface area contributed by atoms with Gasteiger partial charge in [0.1, 0.15) is 0 Å². The summed E-state index contributed by atoms with van der Waals surface area (Å²) >= 11 is 0. The molecular weight excluding hydrogens is 354 g/mol. The number of carbonyl (C=O) groups is 2. The van der Waals surface area contributed by atoms with Gasteiger partial charge in [-0.25, -0.2) is 0 Å². The predicted octanol–water partition coefficient (Wildman–Crippen LogP) is 4.72. The molecule has 148 valence electrons. The van der Waals surface area contributed by atoms with Gasteiger partial charge in [0.15, 0.2) is 0 Å². The van der Waals surface area contributed by atoms with Gasteiger partial charge in [-0.15, -0.1) is 0 Å². The number of amides is 2. The molecule has 28 heavy (non-hydrogen) atoms. The summed E-state index contributed by atoms with van der Waals surface area (Å²) < 4.78 is 0. The Labute approximate surface area is 166 Å². The van der Waals surface area contributed by atoms with Crippen LogP contribution in [0.15, 0.2) is 53.6 Å². The van der Waals surface area contributed by atoms with Gasteiger partial charge in [0.05, 0.1) is 6.54 Å². The lowest BCUT2D eigenvalue weighted by molar-refractivity contribution is -0.117. The fourth-order valence-electron chi connectivity index (χ4n) is 2.52. The fourth-order valence-corrected chi connectivity index (χ4v) is 2.52. The van der Waals surface area contributed by atoms with Crippen molar-refractivity contribution in [3.05, 3.63) is 75.7 Å². The standard InChI is InChI=1S/C14H22N2O.C7H5N3O/c1-5-16(6-2)10-13(17)15-14-11(3)8-7-9-12(14)4;8-10-9-7(11)6-4-2-1-3-5-6/h7-9H,5-6,10H2,1-4H3,(H,15,17);1-5H. The third-order valence-corrected chi connectivity index (χ3v) is 4.16. The first-order chi connectivity index (χ1) is 13.4. The molecular formula is C21H27N5O2. The molecule has 2 aromatic rings. The van der Waals surface area contributed by atoms with Crippen LogP contribution >= 0.6 is 0 Å². The quantitative estimate of drug-likeness (QED) is 0.445. The maximum absolute atomic E-state index is 11.9. The first-order valence-corrected chi connectivity index (χ1v) is 9.15. The smallest absolute Gasteiger partial charge is 0.249 e. The summed E-state index contributed by atoms with van der Waals surface area (Å²) in [6.07, 6.45) is 0. The van der Waals surface area contributed by atoms with Crippen LogP contribution in [0.4, 0.5) is 5.69 Å². The molecule has 0 aromatic heterocycles. The van der Waals surface area contributed by atoms with Crippen LogP contribution in [0.2, 0.25) is 0 Å². The Bertz CT molecular complexity index is 806. The zero-order valence-electron chi connectivity index (χ0n) is 16.8. The van der Waals surface area contributed by atoms with Gasteiger partial charge in [0.2, 0.25) is 11.8 Å². The van der Waals surface area contributed by atoms with Crippen molar-refractivity contribution in [1.29, 1.82) is 0 Å². The summed E-state index contributed by atoms with van der Waals surface area (Å²) in [5.74, 6) is -0.487. The SMILES string of the molecule is CCN(CC)CC(=O)Nc1c(C)cccc1C.[N-]=[N+]=NC(=O)c1ccccc1. The van der Waals surface area contributed by atoms with Gasteiger partial charge in [-0.3, -0.25) is 14.5 Å². The molecule has 0 aliphatic carbocycles. The van der Waals surface area contributed by atoms with Crippen molar-refractivity contribution in [1.82, 2.24) is 4.90 Å². The second-order valence-corrected chi connectivity index (χ2v) is 6.14. The van der Waals surface area contributed by atoms with Crippen LogP contribution in [0.3, 0.4) is 0 Å². The van der Waals surface area contributed by atoms with E-state index >= 15 is 0 Å². The number of nitrogens with one attached hydrogen (secondary N) is 1. The van der Waals surface area contributed by atoms with Gasteiger partial charge < -0.3 is 5.32 Å². The average molecular weight is 381 g/mol. The summed E-state index contributed by atoms with van der Waals surface area (Å²) in [4.78, 5) is 27.2. The van der Waals surface area contributed by atoms with E-state index in [4.69, 9.17) is 5.53 Å². The molecule has 0 unspecified atom stereocenters. The van der Waals surface area contributed by atoms with Crippen molar-refractivity contribution < 1.29 is 9.59 Å². The summed E-state index contributed by atoms with van der Waals surface area (Å²) in [6.45, 7) is 10.4. The number of azide groups is 1. The molecule has 0 heterocycles. The minimum Gasteiger partial charge on any atom is -0.324 e. The van der Waals surface area contributed by atoms with Crippen LogP contribution in [0.5, 0.6) is 0 Å². The molecule has 0 saturated carbocycles. The summed E-state index contributed by atoms with van der Waals surface area (Å²) in [7, 11) is 0. The fraction of sp³-hybridized carbons (Fsp3) is 0.333. The van der Waals surface area contributed by atoms with E-state index in [9.17, 15) is 9.59 Å². The zero-order valence-corrected chi connectivity index (χ0v) is 16.8. The van der Waals surface area contributed by atoms with E-state index in [-0.39, 0.29) is 5.91 Å². The number of hydrogen-bond acceptors (Lipinski definition) is 3. The van der Waals surface area contributed by atoms with Gasteiger partial charge in [0.25, 0.3) is 0 Å². The molecule has 0 radical (unpaired) electrons. The van der Waals surface area contributed by atoms with E-state index in [2.05, 4.69) is 34.1 Å². The highest BCUT2D eigenvalue weighted by Crippen LogP contribution is 2.19. The van der Waals surface area contributed by atoms with Crippen LogP contribution in [0.1, 0.15) is 35.3 Å². The molecule has 0 atom stereocenters. The lowest BCUT2D eigenvalue weighted by Gasteiger charge is -2.18. The Kier molecular flexibility index (Phi) is 10.0. The van der Waals surface area contributed by atoms with Crippen LogP contribution in [-0.2, 0) is 4.79 Å². The highest BCUT2D eigenvalue weighted by Gasteiger charge is 2.10.